The summed E-state index contributed by atoms with van der Waals surface area (Å²) in [5.74, 6) is -0.702. The minimum Gasteiger partial charge on any atom is -0.491 e. The van der Waals surface area contributed by atoms with Gasteiger partial charge in [-0.1, -0.05) is 25.3 Å². The minimum atomic E-state index is -0.862. The Kier molecular flexibility index (Phi) is 6.53. The topological polar surface area (TPSA) is 143 Å². The summed E-state index contributed by atoms with van der Waals surface area (Å²) < 4.78 is 8.25. The van der Waals surface area contributed by atoms with E-state index in [1.54, 1.807) is 0 Å². The number of rotatable bonds is 7. The zero-order valence-electron chi connectivity index (χ0n) is 20.5. The van der Waals surface area contributed by atoms with Crippen LogP contribution in [0.25, 0.3) is 22.2 Å². The molecule has 0 radical (unpaired) electrons. The zero-order chi connectivity index (χ0) is 25.4. The maximum Gasteiger partial charge on any atom is 0.300 e. The molecule has 3 aromatic rings. The first-order chi connectivity index (χ1) is 17.3. The molecule has 1 amide bonds. The lowest BCUT2D eigenvalue weighted by Crippen LogP contribution is -2.31. The highest BCUT2D eigenvalue weighted by Gasteiger charge is 2.30. The third-order valence-electron chi connectivity index (χ3n) is 7.69. The van der Waals surface area contributed by atoms with Gasteiger partial charge in [-0.25, -0.2) is 4.98 Å². The van der Waals surface area contributed by atoms with E-state index in [0.717, 1.165) is 43.3 Å². The summed E-state index contributed by atoms with van der Waals surface area (Å²) in [5, 5.41) is 12.1. The number of nitro groups is 1. The summed E-state index contributed by atoms with van der Waals surface area (Å²) >= 11 is 0. The van der Waals surface area contributed by atoms with Crippen LogP contribution >= 0.6 is 0 Å². The molecule has 4 N–H and O–H groups in total. The van der Waals surface area contributed by atoms with Crippen LogP contribution in [-0.4, -0.2) is 51.5 Å². The number of anilines is 1. The highest BCUT2D eigenvalue weighted by molar-refractivity contribution is 6.05. The third-order valence-corrected chi connectivity index (χ3v) is 7.69. The van der Waals surface area contributed by atoms with Crippen LogP contribution in [0.5, 0.6) is 5.75 Å². The Bertz CT molecular complexity index is 1310. The molecule has 2 fully saturated rings. The fraction of sp³-hybridized carbons (Fsp3) is 0.462. The molecule has 10 heteroatoms. The fourth-order valence-corrected chi connectivity index (χ4v) is 5.68. The van der Waals surface area contributed by atoms with Gasteiger partial charge in [0.1, 0.15) is 23.6 Å². The molecular weight excluding hydrogens is 460 g/mol. The van der Waals surface area contributed by atoms with Gasteiger partial charge in [-0.2, -0.15) is 0 Å². The van der Waals surface area contributed by atoms with Crippen LogP contribution in [0.4, 0.5) is 11.4 Å². The molecular formula is C26H32N6O4. The van der Waals surface area contributed by atoms with Crippen molar-refractivity contribution >= 4 is 28.3 Å². The number of aromatic nitrogens is 2. The number of ether oxygens (including phenoxy) is 1. The van der Waals surface area contributed by atoms with Gasteiger partial charge in [-0.05, 0) is 63.0 Å². The van der Waals surface area contributed by atoms with Crippen LogP contribution in [0.15, 0.2) is 30.6 Å². The Morgan fingerprint density at radius 2 is 1.97 bits per heavy atom. The summed E-state index contributed by atoms with van der Waals surface area (Å²) in [4.78, 5) is 30.6. The number of amides is 1. The SMILES string of the molecule is CN1CCC[C@H]1COc1cc(-c2ccc3c(c2)ncn3C2CCCCC2)c([N+](=O)[O-])c(N)c1C(N)=O. The van der Waals surface area contributed by atoms with E-state index in [9.17, 15) is 14.9 Å². The second-order valence-corrected chi connectivity index (χ2v) is 9.92. The number of nitro benzene ring substituents is 1. The first-order valence-corrected chi connectivity index (χ1v) is 12.6. The van der Waals surface area contributed by atoms with Crippen molar-refractivity contribution in [2.45, 2.75) is 57.0 Å². The van der Waals surface area contributed by atoms with Crippen LogP contribution in [-0.2, 0) is 0 Å². The van der Waals surface area contributed by atoms with Gasteiger partial charge >= 0.3 is 5.69 Å². The van der Waals surface area contributed by atoms with Crippen LogP contribution in [0.1, 0.15) is 61.3 Å². The third kappa shape index (κ3) is 4.37. The maximum atomic E-state index is 12.3. The Hall–Kier alpha value is -3.66. The van der Waals surface area contributed by atoms with Crippen molar-refractivity contribution in [2.75, 3.05) is 25.9 Å². The lowest BCUT2D eigenvalue weighted by atomic mass is 9.95. The van der Waals surface area contributed by atoms with E-state index in [1.165, 1.54) is 25.3 Å². The van der Waals surface area contributed by atoms with Gasteiger partial charge in [-0.3, -0.25) is 14.9 Å². The first-order valence-electron chi connectivity index (χ1n) is 12.6. The lowest BCUT2D eigenvalue weighted by molar-refractivity contribution is -0.383. The standard InChI is InChI=1S/C26H32N6O4/c1-30-11-5-8-18(30)14-36-22-13-19(25(32(34)35)24(27)23(22)26(28)33)16-9-10-21-20(12-16)29-15-31(21)17-6-3-2-4-7-17/h9-10,12-13,15,17-18H,2-8,11,14,27H2,1H3,(H2,28,33)/t18-/m0/s1. The maximum absolute atomic E-state index is 12.3. The number of hydrogen-bond acceptors (Lipinski definition) is 7. The predicted molar refractivity (Wildman–Crippen MR) is 138 cm³/mol. The van der Waals surface area contributed by atoms with Crippen molar-refractivity contribution in [3.05, 3.63) is 46.3 Å². The lowest BCUT2D eigenvalue weighted by Gasteiger charge is -2.23. The molecule has 1 aromatic heterocycles. The molecule has 1 saturated heterocycles. The number of carbonyl (C=O) groups is 1. The molecule has 10 nitrogen and oxygen atoms in total. The van der Waals surface area contributed by atoms with Crippen molar-refractivity contribution in [2.24, 2.45) is 5.73 Å². The molecule has 5 rings (SSSR count). The van der Waals surface area contributed by atoms with Gasteiger partial charge in [0.25, 0.3) is 5.91 Å². The molecule has 1 aliphatic heterocycles. The van der Waals surface area contributed by atoms with E-state index in [2.05, 4.69) is 14.5 Å². The Morgan fingerprint density at radius 1 is 1.19 bits per heavy atom. The van der Waals surface area contributed by atoms with Gasteiger partial charge < -0.3 is 25.7 Å². The number of likely N-dealkylation sites (tertiary alicyclic amines) is 1. The van der Waals surface area contributed by atoms with Crippen LogP contribution in [0.2, 0.25) is 0 Å². The number of nitrogens with zero attached hydrogens (tertiary/aromatic N) is 4. The minimum absolute atomic E-state index is 0.159. The summed E-state index contributed by atoms with van der Waals surface area (Å²) in [6.07, 6.45) is 9.82. The smallest absolute Gasteiger partial charge is 0.300 e. The van der Waals surface area contributed by atoms with E-state index in [4.69, 9.17) is 16.2 Å². The molecule has 190 valence electrons. The number of carbonyl (C=O) groups excluding carboxylic acids is 1. The first kappa shape index (κ1) is 24.1. The molecule has 0 spiro atoms. The molecule has 2 aliphatic rings. The molecule has 0 unspecified atom stereocenters. The number of likely N-dealkylation sites (N-methyl/N-ethyl adjacent to an activating group) is 1. The van der Waals surface area contributed by atoms with Gasteiger partial charge in [0, 0.05) is 12.1 Å². The summed E-state index contributed by atoms with van der Waals surface area (Å²) in [7, 11) is 2.02. The van der Waals surface area contributed by atoms with E-state index in [1.807, 2.05) is 31.6 Å². The molecule has 1 atom stereocenters. The summed E-state index contributed by atoms with van der Waals surface area (Å²) in [6.45, 7) is 1.30. The van der Waals surface area contributed by atoms with Gasteiger partial charge in [0.2, 0.25) is 0 Å². The van der Waals surface area contributed by atoms with Crippen molar-refractivity contribution in [3.8, 4) is 16.9 Å². The summed E-state index contributed by atoms with van der Waals surface area (Å²) in [5.41, 5.74) is 13.6. The van der Waals surface area contributed by atoms with E-state index in [-0.39, 0.29) is 34.3 Å². The number of imidazole rings is 1. The molecule has 2 aromatic carbocycles. The number of nitrogen functional groups attached to an aromatic ring is 1. The largest absolute Gasteiger partial charge is 0.491 e. The predicted octanol–water partition coefficient (Wildman–Crippen LogP) is 4.27. The number of nitrogens with two attached hydrogens (primary N) is 2. The van der Waals surface area contributed by atoms with E-state index in [0.29, 0.717) is 18.2 Å². The highest BCUT2D eigenvalue weighted by atomic mass is 16.6. The fourth-order valence-electron chi connectivity index (χ4n) is 5.68. The Labute approximate surface area is 209 Å². The monoisotopic (exact) mass is 492 g/mol. The Balaban J connectivity index is 1.57. The average molecular weight is 493 g/mol. The number of primary amides is 1. The van der Waals surface area contributed by atoms with E-state index >= 15 is 0 Å². The van der Waals surface area contributed by atoms with Gasteiger partial charge in [-0.15, -0.1) is 0 Å². The normalized spacial score (nSPS) is 19.1. The Morgan fingerprint density at radius 3 is 2.64 bits per heavy atom. The molecule has 36 heavy (non-hydrogen) atoms. The highest BCUT2D eigenvalue weighted by Crippen LogP contribution is 2.43. The van der Waals surface area contributed by atoms with Crippen molar-refractivity contribution < 1.29 is 14.5 Å². The van der Waals surface area contributed by atoms with Crippen LogP contribution in [0, 0.1) is 10.1 Å². The number of benzene rings is 2. The van der Waals surface area contributed by atoms with Gasteiger partial charge in [0.05, 0.1) is 27.8 Å². The zero-order valence-corrected chi connectivity index (χ0v) is 20.5. The van der Waals surface area contributed by atoms with E-state index < -0.39 is 10.8 Å². The quantitative estimate of drug-likeness (QED) is 0.285. The van der Waals surface area contributed by atoms with Crippen molar-refractivity contribution in [1.29, 1.82) is 0 Å². The van der Waals surface area contributed by atoms with Crippen molar-refractivity contribution in [3.63, 3.8) is 0 Å². The molecule has 1 aliphatic carbocycles. The van der Waals surface area contributed by atoms with Gasteiger partial charge in [0.15, 0.2) is 0 Å². The molecule has 0 bridgehead atoms. The van der Waals surface area contributed by atoms with Crippen LogP contribution < -0.4 is 16.2 Å². The van der Waals surface area contributed by atoms with Crippen LogP contribution in [0.3, 0.4) is 0 Å². The van der Waals surface area contributed by atoms with Crippen molar-refractivity contribution in [1.82, 2.24) is 14.5 Å². The number of fused-ring (bicyclic) bond motifs is 1. The molecule has 2 heterocycles. The second-order valence-electron chi connectivity index (χ2n) is 9.92. The number of hydrogen-bond donors (Lipinski definition) is 2. The molecule has 1 saturated carbocycles. The average Bonchev–Trinajstić information content (AvgIpc) is 3.47. The summed E-state index contributed by atoms with van der Waals surface area (Å²) in [6, 6.07) is 7.73. The second kappa shape index (κ2) is 9.77.